The molecule has 7 nitrogen and oxygen atoms in total. The summed E-state index contributed by atoms with van der Waals surface area (Å²) in [4.78, 5) is 37.0. The van der Waals surface area contributed by atoms with Gasteiger partial charge in [-0.05, 0) is 31.0 Å². The van der Waals surface area contributed by atoms with E-state index >= 15 is 0 Å². The number of likely N-dealkylation sites (N-methyl/N-ethyl adjacent to an activating group) is 1. The van der Waals surface area contributed by atoms with Gasteiger partial charge in [-0.2, -0.15) is 0 Å². The van der Waals surface area contributed by atoms with Crippen molar-refractivity contribution >= 4 is 22.7 Å². The summed E-state index contributed by atoms with van der Waals surface area (Å²) in [5.41, 5.74) is 1.43. The standard InChI is InChI=1S/C20H20N4O3/c1-23(20(26)18-11-21-13-27-18)12-16-5-3-9-24(16)19(25)15-7-6-14-4-2-8-22-17(14)10-15/h2,4,6-8,10-11,13,16H,3,5,9,12H2,1H3. The Morgan fingerprint density at radius 1 is 1.33 bits per heavy atom. The van der Waals surface area contributed by atoms with E-state index in [1.165, 1.54) is 12.6 Å². The molecular weight excluding hydrogens is 344 g/mol. The van der Waals surface area contributed by atoms with E-state index < -0.39 is 0 Å². The summed E-state index contributed by atoms with van der Waals surface area (Å²) in [6.07, 6.45) is 6.15. The van der Waals surface area contributed by atoms with Crippen LogP contribution in [0.25, 0.3) is 10.9 Å². The molecule has 0 N–H and O–H groups in total. The van der Waals surface area contributed by atoms with Gasteiger partial charge >= 0.3 is 0 Å². The molecule has 0 spiro atoms. The topological polar surface area (TPSA) is 79.5 Å². The number of fused-ring (bicyclic) bond motifs is 1. The zero-order valence-corrected chi connectivity index (χ0v) is 15.0. The molecule has 1 fully saturated rings. The molecular formula is C20H20N4O3. The number of amides is 2. The summed E-state index contributed by atoms with van der Waals surface area (Å²) in [5, 5.41) is 1.00. The smallest absolute Gasteiger partial charge is 0.291 e. The highest BCUT2D eigenvalue weighted by Gasteiger charge is 2.31. The average Bonchev–Trinajstić information content (AvgIpc) is 3.38. The average molecular weight is 364 g/mol. The molecule has 0 aliphatic carbocycles. The maximum absolute atomic E-state index is 13.0. The van der Waals surface area contributed by atoms with Crippen molar-refractivity contribution < 1.29 is 14.0 Å². The van der Waals surface area contributed by atoms with E-state index in [2.05, 4.69) is 9.97 Å². The van der Waals surface area contributed by atoms with Crippen LogP contribution in [0.2, 0.25) is 0 Å². The van der Waals surface area contributed by atoms with Crippen LogP contribution in [0.3, 0.4) is 0 Å². The van der Waals surface area contributed by atoms with Crippen LogP contribution in [-0.4, -0.2) is 57.8 Å². The lowest BCUT2D eigenvalue weighted by Crippen LogP contribution is -2.43. The monoisotopic (exact) mass is 364 g/mol. The molecule has 2 aromatic heterocycles. The van der Waals surface area contributed by atoms with Gasteiger partial charge in [-0.1, -0.05) is 12.1 Å². The van der Waals surface area contributed by atoms with Crippen molar-refractivity contribution in [2.24, 2.45) is 0 Å². The zero-order valence-electron chi connectivity index (χ0n) is 15.0. The maximum atomic E-state index is 13.0. The fourth-order valence-corrected chi connectivity index (χ4v) is 3.57. The van der Waals surface area contributed by atoms with Gasteiger partial charge < -0.3 is 14.2 Å². The molecule has 7 heteroatoms. The molecule has 1 unspecified atom stereocenters. The summed E-state index contributed by atoms with van der Waals surface area (Å²) in [5.74, 6) is -0.0544. The molecule has 4 rings (SSSR count). The van der Waals surface area contributed by atoms with E-state index in [0.29, 0.717) is 18.7 Å². The summed E-state index contributed by atoms with van der Waals surface area (Å²) in [6, 6.07) is 9.41. The van der Waals surface area contributed by atoms with E-state index in [1.807, 2.05) is 35.2 Å². The molecule has 0 radical (unpaired) electrons. The Morgan fingerprint density at radius 2 is 2.22 bits per heavy atom. The lowest BCUT2D eigenvalue weighted by molar-refractivity contribution is 0.0635. The molecule has 3 heterocycles. The molecule has 1 atom stereocenters. The Hall–Kier alpha value is -3.22. The lowest BCUT2D eigenvalue weighted by atomic mass is 10.1. The van der Waals surface area contributed by atoms with Crippen LogP contribution in [0, 0.1) is 0 Å². The first-order chi connectivity index (χ1) is 13.1. The molecule has 2 amide bonds. The number of hydrogen-bond donors (Lipinski definition) is 0. The van der Waals surface area contributed by atoms with Crippen molar-refractivity contribution in [2.75, 3.05) is 20.1 Å². The predicted molar refractivity (Wildman–Crippen MR) is 99.3 cm³/mol. The van der Waals surface area contributed by atoms with Gasteiger partial charge in [0, 0.05) is 43.3 Å². The van der Waals surface area contributed by atoms with Gasteiger partial charge in [0.2, 0.25) is 5.76 Å². The lowest BCUT2D eigenvalue weighted by Gasteiger charge is -2.28. The minimum absolute atomic E-state index is 0.0196. The third kappa shape index (κ3) is 3.40. The Kier molecular flexibility index (Phi) is 4.58. The summed E-state index contributed by atoms with van der Waals surface area (Å²) in [6.45, 7) is 1.14. The second kappa shape index (κ2) is 7.19. The molecule has 1 saturated heterocycles. The molecule has 138 valence electrons. The van der Waals surface area contributed by atoms with Gasteiger partial charge in [-0.15, -0.1) is 0 Å². The Morgan fingerprint density at radius 3 is 3.04 bits per heavy atom. The van der Waals surface area contributed by atoms with Gasteiger partial charge in [0.25, 0.3) is 11.8 Å². The number of pyridine rings is 1. The van der Waals surface area contributed by atoms with Gasteiger partial charge in [-0.3, -0.25) is 14.6 Å². The van der Waals surface area contributed by atoms with E-state index in [1.54, 1.807) is 18.1 Å². The van der Waals surface area contributed by atoms with Crippen LogP contribution < -0.4 is 0 Å². The van der Waals surface area contributed by atoms with Gasteiger partial charge in [0.05, 0.1) is 11.7 Å². The number of nitrogens with zero attached hydrogens (tertiary/aromatic N) is 4. The molecule has 3 aromatic rings. The number of hydrogen-bond acceptors (Lipinski definition) is 5. The molecule has 1 aromatic carbocycles. The van der Waals surface area contributed by atoms with Gasteiger partial charge in [0.15, 0.2) is 6.39 Å². The first-order valence-electron chi connectivity index (χ1n) is 8.93. The van der Waals surface area contributed by atoms with Gasteiger partial charge in [0.1, 0.15) is 0 Å². The largest absolute Gasteiger partial charge is 0.438 e. The fraction of sp³-hybridized carbons (Fsp3) is 0.300. The predicted octanol–water partition coefficient (Wildman–Crippen LogP) is 2.60. The van der Waals surface area contributed by atoms with Crippen LogP contribution in [0.4, 0.5) is 0 Å². The van der Waals surface area contributed by atoms with Crippen molar-refractivity contribution in [3.05, 3.63) is 60.4 Å². The van der Waals surface area contributed by atoms with Crippen LogP contribution in [0.15, 0.2) is 53.5 Å². The highest BCUT2D eigenvalue weighted by molar-refractivity contribution is 5.98. The minimum Gasteiger partial charge on any atom is -0.438 e. The van der Waals surface area contributed by atoms with E-state index in [-0.39, 0.29) is 23.6 Å². The second-order valence-corrected chi connectivity index (χ2v) is 6.76. The fourth-order valence-electron chi connectivity index (χ4n) is 3.57. The molecule has 0 bridgehead atoms. The van der Waals surface area contributed by atoms with Crippen LogP contribution in [0.5, 0.6) is 0 Å². The first kappa shape index (κ1) is 17.2. The van der Waals surface area contributed by atoms with Crippen molar-refractivity contribution in [3.63, 3.8) is 0 Å². The number of oxazole rings is 1. The minimum atomic E-state index is -0.235. The van der Waals surface area contributed by atoms with E-state index in [9.17, 15) is 9.59 Å². The number of likely N-dealkylation sites (tertiary alicyclic amines) is 1. The summed E-state index contributed by atoms with van der Waals surface area (Å²) < 4.78 is 5.08. The highest BCUT2D eigenvalue weighted by Crippen LogP contribution is 2.23. The molecule has 0 saturated carbocycles. The SMILES string of the molecule is CN(CC1CCCN1C(=O)c1ccc2cccnc2c1)C(=O)c1cnco1. The van der Waals surface area contributed by atoms with Gasteiger partial charge in [-0.25, -0.2) is 4.98 Å². The van der Waals surface area contributed by atoms with Crippen molar-refractivity contribution in [2.45, 2.75) is 18.9 Å². The summed E-state index contributed by atoms with van der Waals surface area (Å²) in [7, 11) is 1.71. The third-order valence-corrected chi connectivity index (χ3v) is 4.97. The molecule has 27 heavy (non-hydrogen) atoms. The third-order valence-electron chi connectivity index (χ3n) is 4.97. The number of carbonyl (C=O) groups is 2. The second-order valence-electron chi connectivity index (χ2n) is 6.76. The summed E-state index contributed by atoms with van der Waals surface area (Å²) >= 11 is 0. The Bertz CT molecular complexity index is 970. The van der Waals surface area contributed by atoms with Crippen molar-refractivity contribution in [3.8, 4) is 0 Å². The zero-order chi connectivity index (χ0) is 18.8. The normalized spacial score (nSPS) is 16.6. The van der Waals surface area contributed by atoms with Crippen LogP contribution in [0.1, 0.15) is 33.8 Å². The maximum Gasteiger partial charge on any atom is 0.291 e. The molecule has 1 aliphatic heterocycles. The van der Waals surface area contributed by atoms with Crippen molar-refractivity contribution in [1.82, 2.24) is 19.8 Å². The van der Waals surface area contributed by atoms with Crippen LogP contribution >= 0.6 is 0 Å². The molecule has 1 aliphatic rings. The van der Waals surface area contributed by atoms with E-state index in [4.69, 9.17) is 4.42 Å². The van der Waals surface area contributed by atoms with Crippen LogP contribution in [-0.2, 0) is 0 Å². The quantitative estimate of drug-likeness (QED) is 0.711. The highest BCUT2D eigenvalue weighted by atomic mass is 16.3. The number of carbonyl (C=O) groups excluding carboxylic acids is 2. The Labute approximate surface area is 156 Å². The Balaban J connectivity index is 1.50. The number of rotatable bonds is 4. The first-order valence-corrected chi connectivity index (χ1v) is 8.93. The number of aromatic nitrogens is 2. The number of benzene rings is 1. The van der Waals surface area contributed by atoms with Crippen molar-refractivity contribution in [1.29, 1.82) is 0 Å². The van der Waals surface area contributed by atoms with E-state index in [0.717, 1.165) is 23.7 Å².